The number of nitrogens with zero attached hydrogens (tertiary/aromatic N) is 2. The molecule has 0 aliphatic rings. The molecule has 1 unspecified atom stereocenters. The Kier molecular flexibility index (Phi) is 5.34. The summed E-state index contributed by atoms with van der Waals surface area (Å²) >= 11 is 0. The fraction of sp³-hybridized carbons (Fsp3) is 0.636. The number of halogens is 3. The zero-order valence-corrected chi connectivity index (χ0v) is 10.7. The van der Waals surface area contributed by atoms with Gasteiger partial charge in [0.15, 0.2) is 0 Å². The third-order valence-corrected chi connectivity index (χ3v) is 2.46. The monoisotopic (exact) mass is 279 g/mol. The lowest BCUT2D eigenvalue weighted by atomic mass is 10.3. The summed E-state index contributed by atoms with van der Waals surface area (Å²) in [5.41, 5.74) is -0.841. The van der Waals surface area contributed by atoms with E-state index in [1.54, 1.807) is 0 Å². The molecule has 0 aliphatic heterocycles. The summed E-state index contributed by atoms with van der Waals surface area (Å²) in [6.07, 6.45) is -2.05. The number of rotatable bonds is 6. The lowest BCUT2D eigenvalue weighted by Crippen LogP contribution is -2.41. The standard InChI is InChI=1S/C11H16F3N3O2/c1-3-4-15-9(10(18)19-2)7-17-6-8(5-16-17)11(12,13)14/h5-6,9,15H,3-4,7H2,1-2H3. The number of methoxy groups -OCH3 is 1. The third-order valence-electron chi connectivity index (χ3n) is 2.46. The molecular formula is C11H16F3N3O2. The smallest absolute Gasteiger partial charge is 0.419 e. The highest BCUT2D eigenvalue weighted by Crippen LogP contribution is 2.28. The lowest BCUT2D eigenvalue weighted by molar-refractivity contribution is -0.143. The zero-order chi connectivity index (χ0) is 14.5. The Morgan fingerprint density at radius 1 is 1.58 bits per heavy atom. The van der Waals surface area contributed by atoms with Gasteiger partial charge in [0.2, 0.25) is 0 Å². The van der Waals surface area contributed by atoms with E-state index >= 15 is 0 Å². The van der Waals surface area contributed by atoms with E-state index in [4.69, 9.17) is 0 Å². The van der Waals surface area contributed by atoms with Crippen LogP contribution in [0.4, 0.5) is 13.2 Å². The number of esters is 1. The van der Waals surface area contributed by atoms with Crippen LogP contribution in [0.1, 0.15) is 18.9 Å². The van der Waals surface area contributed by atoms with Gasteiger partial charge >= 0.3 is 12.1 Å². The maximum atomic E-state index is 12.4. The summed E-state index contributed by atoms with van der Waals surface area (Å²) in [6.45, 7) is 2.47. The number of hydrogen-bond donors (Lipinski definition) is 1. The van der Waals surface area contributed by atoms with Crippen LogP contribution in [0.5, 0.6) is 0 Å². The van der Waals surface area contributed by atoms with Crippen LogP contribution in [0.15, 0.2) is 12.4 Å². The lowest BCUT2D eigenvalue weighted by Gasteiger charge is -2.15. The van der Waals surface area contributed by atoms with Gasteiger partial charge in [0, 0.05) is 6.20 Å². The van der Waals surface area contributed by atoms with Crippen LogP contribution in [-0.4, -0.2) is 35.4 Å². The summed E-state index contributed by atoms with van der Waals surface area (Å²) in [6, 6.07) is -0.717. The van der Waals surface area contributed by atoms with Crippen molar-refractivity contribution in [1.82, 2.24) is 15.1 Å². The van der Waals surface area contributed by atoms with E-state index in [9.17, 15) is 18.0 Å². The quantitative estimate of drug-likeness (QED) is 0.801. The SMILES string of the molecule is CCCNC(Cn1cc(C(F)(F)F)cn1)C(=O)OC. The van der Waals surface area contributed by atoms with Gasteiger partial charge in [-0.1, -0.05) is 6.92 Å². The van der Waals surface area contributed by atoms with Crippen molar-refractivity contribution >= 4 is 5.97 Å². The average molecular weight is 279 g/mol. The molecule has 0 spiro atoms. The molecule has 1 aromatic rings. The second-order valence-corrected chi connectivity index (χ2v) is 3.98. The maximum Gasteiger partial charge on any atom is 0.419 e. The number of ether oxygens (including phenoxy) is 1. The predicted octanol–water partition coefficient (Wildman–Crippen LogP) is 1.44. The Labute approximate surface area is 108 Å². The molecule has 8 heteroatoms. The summed E-state index contributed by atoms with van der Waals surface area (Å²) in [5.74, 6) is -0.530. The highest BCUT2D eigenvalue weighted by Gasteiger charge is 2.32. The van der Waals surface area contributed by atoms with Crippen molar-refractivity contribution in [2.24, 2.45) is 0 Å². The van der Waals surface area contributed by atoms with Crippen molar-refractivity contribution in [3.05, 3.63) is 18.0 Å². The van der Waals surface area contributed by atoms with E-state index in [0.29, 0.717) is 6.54 Å². The van der Waals surface area contributed by atoms with E-state index in [1.165, 1.54) is 7.11 Å². The number of nitrogens with one attached hydrogen (secondary N) is 1. The first-order valence-corrected chi connectivity index (χ1v) is 5.79. The fourth-order valence-corrected chi connectivity index (χ4v) is 1.48. The molecule has 0 aromatic carbocycles. The van der Waals surface area contributed by atoms with Crippen LogP contribution in [0, 0.1) is 0 Å². The van der Waals surface area contributed by atoms with E-state index in [-0.39, 0.29) is 6.54 Å². The van der Waals surface area contributed by atoms with Gasteiger partial charge in [0.25, 0.3) is 0 Å². The van der Waals surface area contributed by atoms with Crippen molar-refractivity contribution in [3.8, 4) is 0 Å². The number of aromatic nitrogens is 2. The molecule has 0 bridgehead atoms. The molecule has 19 heavy (non-hydrogen) atoms. The Hall–Kier alpha value is -1.57. The fourth-order valence-electron chi connectivity index (χ4n) is 1.48. The first-order chi connectivity index (χ1) is 8.88. The molecule has 0 saturated heterocycles. The normalized spacial score (nSPS) is 13.3. The molecule has 0 saturated carbocycles. The molecule has 0 aliphatic carbocycles. The van der Waals surface area contributed by atoms with Crippen LogP contribution in [-0.2, 0) is 22.3 Å². The van der Waals surface area contributed by atoms with Gasteiger partial charge in [-0.15, -0.1) is 0 Å². The summed E-state index contributed by atoms with van der Waals surface area (Å²) in [5, 5.41) is 6.50. The van der Waals surface area contributed by atoms with E-state index in [2.05, 4.69) is 15.2 Å². The van der Waals surface area contributed by atoms with Gasteiger partial charge in [-0.25, -0.2) is 0 Å². The summed E-state index contributed by atoms with van der Waals surface area (Å²) in [4.78, 5) is 11.5. The molecule has 1 heterocycles. The number of alkyl halides is 3. The first kappa shape index (κ1) is 15.5. The van der Waals surface area contributed by atoms with Crippen molar-refractivity contribution in [1.29, 1.82) is 0 Å². The van der Waals surface area contributed by atoms with Crippen LogP contribution >= 0.6 is 0 Å². The number of carbonyl (C=O) groups is 1. The highest BCUT2D eigenvalue weighted by molar-refractivity contribution is 5.75. The molecule has 5 nitrogen and oxygen atoms in total. The molecule has 1 rings (SSSR count). The van der Waals surface area contributed by atoms with Gasteiger partial charge < -0.3 is 10.1 Å². The maximum absolute atomic E-state index is 12.4. The summed E-state index contributed by atoms with van der Waals surface area (Å²) in [7, 11) is 1.23. The predicted molar refractivity (Wildman–Crippen MR) is 61.3 cm³/mol. The molecule has 1 atom stereocenters. The van der Waals surface area contributed by atoms with Crippen LogP contribution < -0.4 is 5.32 Å². The minimum Gasteiger partial charge on any atom is -0.468 e. The minimum atomic E-state index is -4.43. The van der Waals surface area contributed by atoms with Gasteiger partial charge in [-0.05, 0) is 13.0 Å². The number of carbonyl (C=O) groups excluding carboxylic acids is 1. The topological polar surface area (TPSA) is 56.2 Å². The van der Waals surface area contributed by atoms with Gasteiger partial charge in [-0.2, -0.15) is 18.3 Å². The van der Waals surface area contributed by atoms with Crippen molar-refractivity contribution < 1.29 is 22.7 Å². The van der Waals surface area contributed by atoms with Gasteiger partial charge in [0.05, 0.1) is 25.4 Å². The Morgan fingerprint density at radius 2 is 2.26 bits per heavy atom. The zero-order valence-electron chi connectivity index (χ0n) is 10.7. The molecule has 0 fully saturated rings. The van der Waals surface area contributed by atoms with Gasteiger partial charge in [0.1, 0.15) is 6.04 Å². The molecule has 1 N–H and O–H groups in total. The van der Waals surface area contributed by atoms with E-state index < -0.39 is 23.8 Å². The first-order valence-electron chi connectivity index (χ1n) is 5.79. The second-order valence-electron chi connectivity index (χ2n) is 3.98. The third kappa shape index (κ3) is 4.55. The Bertz CT molecular complexity index is 418. The average Bonchev–Trinajstić information content (AvgIpc) is 2.81. The van der Waals surface area contributed by atoms with Crippen molar-refractivity contribution in [2.45, 2.75) is 32.1 Å². The van der Waals surface area contributed by atoms with Crippen molar-refractivity contribution in [3.63, 3.8) is 0 Å². The molecule has 0 amide bonds. The summed E-state index contributed by atoms with van der Waals surface area (Å²) < 4.78 is 42.9. The highest BCUT2D eigenvalue weighted by atomic mass is 19.4. The van der Waals surface area contributed by atoms with E-state index in [0.717, 1.165) is 23.5 Å². The second kappa shape index (κ2) is 6.55. The molecule has 108 valence electrons. The molecule has 0 radical (unpaired) electrons. The van der Waals surface area contributed by atoms with E-state index in [1.807, 2.05) is 6.92 Å². The largest absolute Gasteiger partial charge is 0.468 e. The molecular weight excluding hydrogens is 263 g/mol. The minimum absolute atomic E-state index is 0.0112. The molecule has 1 aromatic heterocycles. The van der Waals surface area contributed by atoms with Crippen LogP contribution in [0.2, 0.25) is 0 Å². The van der Waals surface area contributed by atoms with Crippen molar-refractivity contribution in [2.75, 3.05) is 13.7 Å². The van der Waals surface area contributed by atoms with Crippen LogP contribution in [0.25, 0.3) is 0 Å². The Morgan fingerprint density at radius 3 is 2.74 bits per heavy atom. The van der Waals surface area contributed by atoms with Gasteiger partial charge in [-0.3, -0.25) is 9.48 Å². The van der Waals surface area contributed by atoms with Crippen LogP contribution in [0.3, 0.4) is 0 Å². The Balaban J connectivity index is 2.73. The number of hydrogen-bond acceptors (Lipinski definition) is 4.